The van der Waals surface area contributed by atoms with Gasteiger partial charge in [0.25, 0.3) is 0 Å². The van der Waals surface area contributed by atoms with Gasteiger partial charge in [0.1, 0.15) is 5.78 Å². The minimum absolute atomic E-state index is 0.0476. The lowest BCUT2D eigenvalue weighted by molar-refractivity contribution is -0.148. The number of carbonyl (C=O) groups excluding carboxylic acids is 1. The fourth-order valence-electron chi connectivity index (χ4n) is 2.64. The molecule has 1 aliphatic rings. The number of ether oxygens (including phenoxy) is 2. The van der Waals surface area contributed by atoms with E-state index in [1.54, 1.807) is 0 Å². The van der Waals surface area contributed by atoms with Crippen LogP contribution in [-0.4, -0.2) is 23.8 Å². The molecule has 2 atom stereocenters. The third kappa shape index (κ3) is 6.05. The smallest absolute Gasteiger partial charge is 0.163 e. The fourth-order valence-corrected chi connectivity index (χ4v) is 2.64. The van der Waals surface area contributed by atoms with Crippen LogP contribution in [0.4, 0.5) is 0 Å². The monoisotopic (exact) mass is 270 g/mol. The number of rotatable bonds is 9. The van der Waals surface area contributed by atoms with Gasteiger partial charge in [-0.2, -0.15) is 0 Å². The molecule has 0 aliphatic carbocycles. The van der Waals surface area contributed by atoms with Crippen LogP contribution < -0.4 is 0 Å². The molecule has 1 saturated heterocycles. The van der Waals surface area contributed by atoms with Crippen LogP contribution >= 0.6 is 0 Å². The molecule has 1 aliphatic heterocycles. The van der Waals surface area contributed by atoms with E-state index < -0.39 is 5.79 Å². The van der Waals surface area contributed by atoms with Gasteiger partial charge in [0, 0.05) is 12.8 Å². The SMILES string of the molecule is CCCCCCC[C@H]1OC(C)(C)O[C@@H]1CC(=O)CC. The summed E-state index contributed by atoms with van der Waals surface area (Å²) in [5, 5.41) is 0. The van der Waals surface area contributed by atoms with Gasteiger partial charge in [0.05, 0.1) is 12.2 Å². The normalized spacial score (nSPS) is 25.7. The summed E-state index contributed by atoms with van der Waals surface area (Å²) in [7, 11) is 0. The predicted octanol–water partition coefficient (Wildman–Crippen LogP) is 4.24. The zero-order chi connectivity index (χ0) is 14.3. The summed E-state index contributed by atoms with van der Waals surface area (Å²) in [6, 6.07) is 0. The summed E-state index contributed by atoms with van der Waals surface area (Å²) in [6.45, 7) is 8.01. The second-order valence-corrected chi connectivity index (χ2v) is 6.01. The van der Waals surface area contributed by atoms with Crippen molar-refractivity contribution < 1.29 is 14.3 Å². The number of hydrogen-bond acceptors (Lipinski definition) is 3. The second-order valence-electron chi connectivity index (χ2n) is 6.01. The van der Waals surface area contributed by atoms with Gasteiger partial charge in [-0.25, -0.2) is 0 Å². The Kier molecular flexibility index (Phi) is 7.01. The zero-order valence-corrected chi connectivity index (χ0v) is 13.0. The lowest BCUT2D eigenvalue weighted by atomic mass is 10.0. The molecule has 3 heteroatoms. The predicted molar refractivity (Wildman–Crippen MR) is 77.1 cm³/mol. The molecule has 112 valence electrons. The van der Waals surface area contributed by atoms with Crippen molar-refractivity contribution in [2.75, 3.05) is 0 Å². The minimum Gasteiger partial charge on any atom is -0.345 e. The summed E-state index contributed by atoms with van der Waals surface area (Å²) in [5.41, 5.74) is 0. The van der Waals surface area contributed by atoms with Crippen LogP contribution in [0.5, 0.6) is 0 Å². The molecule has 0 radical (unpaired) electrons. The maximum absolute atomic E-state index is 11.6. The summed E-state index contributed by atoms with van der Waals surface area (Å²) >= 11 is 0. The maximum atomic E-state index is 11.6. The van der Waals surface area contributed by atoms with E-state index in [4.69, 9.17) is 9.47 Å². The summed E-state index contributed by atoms with van der Waals surface area (Å²) in [6.07, 6.45) is 8.43. The van der Waals surface area contributed by atoms with Crippen molar-refractivity contribution in [3.8, 4) is 0 Å². The molecule has 0 unspecified atom stereocenters. The van der Waals surface area contributed by atoms with Crippen molar-refractivity contribution in [1.29, 1.82) is 0 Å². The molecule has 0 N–H and O–H groups in total. The molecule has 1 heterocycles. The van der Waals surface area contributed by atoms with E-state index in [-0.39, 0.29) is 18.0 Å². The van der Waals surface area contributed by atoms with Crippen LogP contribution in [0.25, 0.3) is 0 Å². The maximum Gasteiger partial charge on any atom is 0.163 e. The molecule has 0 spiro atoms. The van der Waals surface area contributed by atoms with Crippen molar-refractivity contribution in [1.82, 2.24) is 0 Å². The lowest BCUT2D eigenvalue weighted by Crippen LogP contribution is -2.25. The van der Waals surface area contributed by atoms with Crippen LogP contribution in [0.1, 0.15) is 79.1 Å². The number of ketones is 1. The van der Waals surface area contributed by atoms with Crippen LogP contribution in [-0.2, 0) is 14.3 Å². The molecule has 1 rings (SSSR count). The Morgan fingerprint density at radius 1 is 1.00 bits per heavy atom. The van der Waals surface area contributed by atoms with E-state index in [9.17, 15) is 4.79 Å². The quantitative estimate of drug-likeness (QED) is 0.588. The van der Waals surface area contributed by atoms with Gasteiger partial charge in [0.2, 0.25) is 0 Å². The first-order valence-corrected chi connectivity index (χ1v) is 7.85. The highest BCUT2D eigenvalue weighted by molar-refractivity contribution is 5.78. The lowest BCUT2D eigenvalue weighted by Gasteiger charge is -2.16. The first-order chi connectivity index (χ1) is 8.98. The van der Waals surface area contributed by atoms with Gasteiger partial charge in [-0.15, -0.1) is 0 Å². The van der Waals surface area contributed by atoms with Crippen molar-refractivity contribution in [3.63, 3.8) is 0 Å². The Bertz CT molecular complexity index is 273. The molecule has 0 aromatic carbocycles. The van der Waals surface area contributed by atoms with Crippen molar-refractivity contribution in [2.24, 2.45) is 0 Å². The largest absolute Gasteiger partial charge is 0.345 e. The molecule has 0 aromatic heterocycles. The standard InChI is InChI=1S/C16H30O3/c1-5-7-8-9-10-11-14-15(12-13(17)6-2)19-16(3,4)18-14/h14-15H,5-12H2,1-4H3/t14-,15-/m1/s1. The van der Waals surface area contributed by atoms with Gasteiger partial charge in [0.15, 0.2) is 5.79 Å². The Balaban J connectivity index is 2.37. The Morgan fingerprint density at radius 2 is 1.63 bits per heavy atom. The van der Waals surface area contributed by atoms with Gasteiger partial charge >= 0.3 is 0 Å². The number of carbonyl (C=O) groups is 1. The molecule has 0 amide bonds. The highest BCUT2D eigenvalue weighted by Crippen LogP contribution is 2.33. The molecule has 0 aromatic rings. The molecular formula is C16H30O3. The fraction of sp³-hybridized carbons (Fsp3) is 0.938. The van der Waals surface area contributed by atoms with Gasteiger partial charge < -0.3 is 9.47 Å². The third-order valence-corrected chi connectivity index (χ3v) is 3.70. The Labute approximate surface area is 118 Å². The highest BCUT2D eigenvalue weighted by atomic mass is 16.7. The zero-order valence-electron chi connectivity index (χ0n) is 13.0. The van der Waals surface area contributed by atoms with Crippen molar-refractivity contribution in [3.05, 3.63) is 0 Å². The topological polar surface area (TPSA) is 35.5 Å². The van der Waals surface area contributed by atoms with E-state index in [2.05, 4.69) is 6.92 Å². The van der Waals surface area contributed by atoms with E-state index in [1.807, 2.05) is 20.8 Å². The first kappa shape index (κ1) is 16.6. The van der Waals surface area contributed by atoms with E-state index in [1.165, 1.54) is 32.1 Å². The Hall–Kier alpha value is -0.410. The van der Waals surface area contributed by atoms with E-state index in [0.717, 1.165) is 6.42 Å². The van der Waals surface area contributed by atoms with E-state index in [0.29, 0.717) is 12.8 Å². The number of hydrogen-bond donors (Lipinski definition) is 0. The second kappa shape index (κ2) is 8.01. The average molecular weight is 270 g/mol. The molecule has 19 heavy (non-hydrogen) atoms. The summed E-state index contributed by atoms with van der Waals surface area (Å²) < 4.78 is 11.8. The van der Waals surface area contributed by atoms with Gasteiger partial charge in [-0.05, 0) is 20.3 Å². The van der Waals surface area contributed by atoms with Crippen LogP contribution in [0.15, 0.2) is 0 Å². The van der Waals surface area contributed by atoms with Crippen LogP contribution in [0.3, 0.4) is 0 Å². The molecule has 0 saturated carbocycles. The van der Waals surface area contributed by atoms with Crippen molar-refractivity contribution >= 4 is 5.78 Å². The van der Waals surface area contributed by atoms with Gasteiger partial charge in [-0.1, -0.05) is 46.0 Å². The number of unbranched alkanes of at least 4 members (excludes halogenated alkanes) is 4. The molecular weight excluding hydrogens is 240 g/mol. The Morgan fingerprint density at radius 3 is 2.26 bits per heavy atom. The number of Topliss-reactive ketones (excluding diaryl/α,β-unsaturated/α-hetero) is 1. The van der Waals surface area contributed by atoms with Crippen LogP contribution in [0, 0.1) is 0 Å². The first-order valence-electron chi connectivity index (χ1n) is 7.85. The third-order valence-electron chi connectivity index (χ3n) is 3.70. The van der Waals surface area contributed by atoms with E-state index >= 15 is 0 Å². The molecule has 3 nitrogen and oxygen atoms in total. The summed E-state index contributed by atoms with van der Waals surface area (Å²) in [4.78, 5) is 11.6. The van der Waals surface area contributed by atoms with Crippen LogP contribution in [0.2, 0.25) is 0 Å². The van der Waals surface area contributed by atoms with Crippen molar-refractivity contribution in [2.45, 2.75) is 97.1 Å². The minimum atomic E-state index is -0.535. The molecule has 1 fully saturated rings. The molecule has 0 bridgehead atoms. The highest BCUT2D eigenvalue weighted by Gasteiger charge is 2.41. The average Bonchev–Trinajstić information content (AvgIpc) is 2.63. The summed E-state index contributed by atoms with van der Waals surface area (Å²) in [5.74, 6) is -0.269. The van der Waals surface area contributed by atoms with Gasteiger partial charge in [-0.3, -0.25) is 4.79 Å².